The van der Waals surface area contributed by atoms with Gasteiger partial charge in [0.1, 0.15) is 5.69 Å². The van der Waals surface area contributed by atoms with Crippen LogP contribution in [0.2, 0.25) is 0 Å². The lowest BCUT2D eigenvalue weighted by molar-refractivity contribution is 0.0912. The third-order valence-electron chi connectivity index (χ3n) is 5.76. The van der Waals surface area contributed by atoms with E-state index >= 15 is 0 Å². The Morgan fingerprint density at radius 3 is 2.59 bits per heavy atom. The number of aromatic nitrogens is 1. The molecule has 2 heterocycles. The van der Waals surface area contributed by atoms with Gasteiger partial charge in [-0.05, 0) is 49.6 Å². The van der Waals surface area contributed by atoms with Gasteiger partial charge in [-0.2, -0.15) is 0 Å². The highest BCUT2D eigenvalue weighted by atomic mass is 16.4. The van der Waals surface area contributed by atoms with E-state index in [4.69, 9.17) is 5.11 Å². The summed E-state index contributed by atoms with van der Waals surface area (Å²) in [6.45, 7) is 4.23. The molecule has 1 aliphatic heterocycles. The molecule has 0 saturated heterocycles. The summed E-state index contributed by atoms with van der Waals surface area (Å²) < 4.78 is 2.02. The van der Waals surface area contributed by atoms with Gasteiger partial charge in [0.2, 0.25) is 0 Å². The molecule has 4 rings (SSSR count). The number of nitrogens with one attached hydrogen (secondary N) is 2. The Hall–Kier alpha value is -3.87. The normalized spacial score (nSPS) is 15.1. The largest absolute Gasteiger partial charge is 0.465 e. The van der Waals surface area contributed by atoms with Gasteiger partial charge in [0.05, 0.1) is 11.7 Å². The molecule has 2 amide bonds. The standard InChI is InChI=1S/C25H25N3O4/c1-15-5-3-8-19(11-15)23-21(18-7-4-6-17(12-18)16(2)29)13-22-24(30)27-14-20(28(22)23)9-10-26-25(31)32/h3-8,11-13,20,26H,9-10,14H2,1-2H3,(H,27,30)(H,31,32). The predicted octanol–water partition coefficient (Wildman–Crippen LogP) is 4.28. The molecule has 7 heteroatoms. The van der Waals surface area contributed by atoms with Crippen molar-refractivity contribution < 1.29 is 19.5 Å². The number of aryl methyl sites for hydroxylation is 1. The highest BCUT2D eigenvalue weighted by Crippen LogP contribution is 2.39. The van der Waals surface area contributed by atoms with Gasteiger partial charge < -0.3 is 20.3 Å². The number of hydrogen-bond acceptors (Lipinski definition) is 3. The molecular formula is C25H25N3O4. The molecule has 3 N–H and O–H groups in total. The van der Waals surface area contributed by atoms with Gasteiger partial charge in [-0.15, -0.1) is 0 Å². The summed E-state index contributed by atoms with van der Waals surface area (Å²) in [7, 11) is 0. The van der Waals surface area contributed by atoms with Gasteiger partial charge in [0, 0.05) is 24.2 Å². The number of carbonyl (C=O) groups excluding carboxylic acids is 2. The molecule has 0 radical (unpaired) electrons. The Morgan fingerprint density at radius 2 is 1.88 bits per heavy atom. The molecule has 1 atom stereocenters. The van der Waals surface area contributed by atoms with Crippen molar-refractivity contribution >= 4 is 17.8 Å². The van der Waals surface area contributed by atoms with Crippen LogP contribution in [0.4, 0.5) is 4.79 Å². The lowest BCUT2D eigenvalue weighted by Gasteiger charge is -2.29. The van der Waals surface area contributed by atoms with Crippen molar-refractivity contribution in [1.82, 2.24) is 15.2 Å². The van der Waals surface area contributed by atoms with Crippen LogP contribution in [0, 0.1) is 6.92 Å². The maximum atomic E-state index is 12.8. The number of fused-ring (bicyclic) bond motifs is 1. The van der Waals surface area contributed by atoms with Gasteiger partial charge in [-0.1, -0.05) is 42.0 Å². The fourth-order valence-electron chi connectivity index (χ4n) is 4.26. The van der Waals surface area contributed by atoms with E-state index in [9.17, 15) is 14.4 Å². The second-order valence-electron chi connectivity index (χ2n) is 8.05. The molecule has 1 unspecified atom stereocenters. The van der Waals surface area contributed by atoms with E-state index in [-0.39, 0.29) is 24.3 Å². The van der Waals surface area contributed by atoms with E-state index in [1.54, 1.807) is 6.07 Å². The number of carboxylic acid groups (broad SMARTS) is 1. The van der Waals surface area contributed by atoms with E-state index in [1.165, 1.54) is 6.92 Å². The fraction of sp³-hybridized carbons (Fsp3) is 0.240. The first-order chi connectivity index (χ1) is 15.3. The number of benzene rings is 2. The van der Waals surface area contributed by atoms with Crippen LogP contribution in [0.3, 0.4) is 0 Å². The summed E-state index contributed by atoms with van der Waals surface area (Å²) in [6.07, 6.45) is -0.543. The maximum absolute atomic E-state index is 12.8. The topological polar surface area (TPSA) is 100 Å². The lowest BCUT2D eigenvalue weighted by atomic mass is 9.97. The number of nitrogens with zero attached hydrogens (tertiary/aromatic N) is 1. The van der Waals surface area contributed by atoms with Crippen molar-refractivity contribution in [2.24, 2.45) is 0 Å². The Morgan fingerprint density at radius 1 is 1.12 bits per heavy atom. The van der Waals surface area contributed by atoms with Crippen LogP contribution in [0.1, 0.15) is 45.8 Å². The van der Waals surface area contributed by atoms with Crippen molar-refractivity contribution in [3.63, 3.8) is 0 Å². The summed E-state index contributed by atoms with van der Waals surface area (Å²) >= 11 is 0. The van der Waals surface area contributed by atoms with Crippen molar-refractivity contribution in [1.29, 1.82) is 0 Å². The van der Waals surface area contributed by atoms with Gasteiger partial charge in [0.25, 0.3) is 5.91 Å². The van der Waals surface area contributed by atoms with Crippen molar-refractivity contribution in [3.05, 3.63) is 71.4 Å². The first-order valence-electron chi connectivity index (χ1n) is 10.5. The van der Waals surface area contributed by atoms with E-state index in [0.29, 0.717) is 24.2 Å². The summed E-state index contributed by atoms with van der Waals surface area (Å²) in [6, 6.07) is 17.2. The summed E-state index contributed by atoms with van der Waals surface area (Å²) in [5, 5.41) is 14.3. The zero-order chi connectivity index (χ0) is 22.8. The number of hydrogen-bond donors (Lipinski definition) is 3. The van der Waals surface area contributed by atoms with Crippen LogP contribution < -0.4 is 10.6 Å². The SMILES string of the molecule is CC(=O)c1cccc(-c2cc3n(c2-c2cccc(C)c2)C(CCNC(=O)O)CNC3=O)c1. The number of ketones is 1. The average molecular weight is 431 g/mol. The minimum absolute atomic E-state index is 0.0247. The van der Waals surface area contributed by atoms with Gasteiger partial charge in [-0.25, -0.2) is 4.79 Å². The average Bonchev–Trinajstić information content (AvgIpc) is 3.17. The third-order valence-corrected chi connectivity index (χ3v) is 5.76. The van der Waals surface area contributed by atoms with Crippen molar-refractivity contribution in [3.8, 4) is 22.4 Å². The second-order valence-corrected chi connectivity index (χ2v) is 8.05. The van der Waals surface area contributed by atoms with E-state index < -0.39 is 6.09 Å². The second kappa shape index (κ2) is 8.70. The van der Waals surface area contributed by atoms with Crippen LogP contribution >= 0.6 is 0 Å². The molecule has 164 valence electrons. The van der Waals surface area contributed by atoms with Crippen LogP contribution in [0.5, 0.6) is 0 Å². The minimum atomic E-state index is -1.07. The molecule has 32 heavy (non-hydrogen) atoms. The number of amides is 2. The Kier molecular flexibility index (Phi) is 5.81. The number of rotatable bonds is 6. The Bertz CT molecular complexity index is 1210. The monoisotopic (exact) mass is 431 g/mol. The molecule has 0 aliphatic carbocycles. The van der Waals surface area contributed by atoms with E-state index in [1.807, 2.05) is 54.0 Å². The lowest BCUT2D eigenvalue weighted by Crippen LogP contribution is -2.40. The zero-order valence-corrected chi connectivity index (χ0v) is 18.0. The smallest absolute Gasteiger partial charge is 0.404 e. The maximum Gasteiger partial charge on any atom is 0.404 e. The fourth-order valence-corrected chi connectivity index (χ4v) is 4.26. The van der Waals surface area contributed by atoms with Crippen LogP contribution in [0.25, 0.3) is 22.4 Å². The molecule has 0 spiro atoms. The Labute approximate surface area is 186 Å². The van der Waals surface area contributed by atoms with E-state index in [0.717, 1.165) is 27.9 Å². The van der Waals surface area contributed by atoms with Crippen LogP contribution in [-0.4, -0.2) is 40.5 Å². The first-order valence-corrected chi connectivity index (χ1v) is 10.5. The molecule has 7 nitrogen and oxygen atoms in total. The van der Waals surface area contributed by atoms with Crippen LogP contribution in [-0.2, 0) is 0 Å². The molecule has 0 bridgehead atoms. The predicted molar refractivity (Wildman–Crippen MR) is 122 cm³/mol. The van der Waals surface area contributed by atoms with Gasteiger partial charge >= 0.3 is 6.09 Å². The summed E-state index contributed by atoms with van der Waals surface area (Å²) in [4.78, 5) is 35.7. The highest BCUT2D eigenvalue weighted by Gasteiger charge is 2.30. The van der Waals surface area contributed by atoms with E-state index in [2.05, 4.69) is 16.7 Å². The van der Waals surface area contributed by atoms with Gasteiger partial charge in [0.15, 0.2) is 5.78 Å². The molecular weight excluding hydrogens is 406 g/mol. The van der Waals surface area contributed by atoms with Crippen molar-refractivity contribution in [2.75, 3.05) is 13.1 Å². The zero-order valence-electron chi connectivity index (χ0n) is 18.0. The molecule has 3 aromatic rings. The van der Waals surface area contributed by atoms with Crippen molar-refractivity contribution in [2.45, 2.75) is 26.3 Å². The minimum Gasteiger partial charge on any atom is -0.465 e. The summed E-state index contributed by atoms with van der Waals surface area (Å²) in [5.74, 6) is -0.196. The number of carbonyl (C=O) groups is 3. The highest BCUT2D eigenvalue weighted by molar-refractivity contribution is 6.00. The quantitative estimate of drug-likeness (QED) is 0.507. The van der Waals surface area contributed by atoms with Gasteiger partial charge in [-0.3, -0.25) is 9.59 Å². The third kappa shape index (κ3) is 4.14. The molecule has 2 aromatic carbocycles. The van der Waals surface area contributed by atoms with Crippen LogP contribution in [0.15, 0.2) is 54.6 Å². The first kappa shape index (κ1) is 21.4. The molecule has 0 saturated carbocycles. The Balaban J connectivity index is 1.91. The summed E-state index contributed by atoms with van der Waals surface area (Å²) in [5.41, 5.74) is 5.79. The number of Topliss-reactive ketones (excluding diaryl/α,β-unsaturated/α-hetero) is 1. The molecule has 0 fully saturated rings. The molecule has 1 aliphatic rings. The molecule has 1 aromatic heterocycles.